The Labute approximate surface area is 195 Å². The molecule has 0 N–H and O–H groups in total. The van der Waals surface area contributed by atoms with Crippen LogP contribution in [0.1, 0.15) is 48.6 Å². The van der Waals surface area contributed by atoms with Gasteiger partial charge in [-0.2, -0.15) is 0 Å². The molecule has 3 aromatic rings. The molecule has 2 aliphatic carbocycles. The van der Waals surface area contributed by atoms with E-state index < -0.39 is 5.97 Å². The third-order valence-electron chi connectivity index (χ3n) is 5.50. The van der Waals surface area contributed by atoms with Crippen LogP contribution in [-0.4, -0.2) is 17.5 Å². The normalized spacial score (nSPS) is 14.4. The molecule has 4 nitrogen and oxygen atoms in total. The molecule has 33 heavy (non-hydrogen) atoms. The third kappa shape index (κ3) is 3.88. The monoisotopic (exact) mass is 450 g/mol. The van der Waals surface area contributed by atoms with Crippen molar-refractivity contribution in [1.29, 1.82) is 0 Å². The lowest BCUT2D eigenvalue weighted by molar-refractivity contribution is 0.0631. The lowest BCUT2D eigenvalue weighted by atomic mass is 9.84. The fraction of sp³-hybridized carbons (Fsp3) is 0.0357. The van der Waals surface area contributed by atoms with Gasteiger partial charge in [-0.05, 0) is 36.8 Å². The maximum atomic E-state index is 13.3. The third-order valence-corrected chi connectivity index (χ3v) is 6.64. The van der Waals surface area contributed by atoms with E-state index in [-0.39, 0.29) is 11.6 Å². The number of carbonyl (C=O) groups is 3. The summed E-state index contributed by atoms with van der Waals surface area (Å²) in [6, 6.07) is 19.1. The smallest absolute Gasteiger partial charge is 0.344 e. The van der Waals surface area contributed by atoms with E-state index in [0.29, 0.717) is 49.8 Å². The zero-order valence-electron chi connectivity index (χ0n) is 17.5. The highest BCUT2D eigenvalue weighted by molar-refractivity contribution is 7.99. The summed E-state index contributed by atoms with van der Waals surface area (Å²) >= 11 is 1.27. The van der Waals surface area contributed by atoms with Crippen molar-refractivity contribution in [3.05, 3.63) is 131 Å². The van der Waals surface area contributed by atoms with Crippen LogP contribution in [0.15, 0.2) is 113 Å². The summed E-state index contributed by atoms with van der Waals surface area (Å²) in [5.41, 5.74) is 2.88. The number of hydrogen-bond donors (Lipinski definition) is 0. The Hall–Kier alpha value is -3.96. The summed E-state index contributed by atoms with van der Waals surface area (Å²) in [6.45, 7) is 3.88. The number of fused-ring (bicyclic) bond motifs is 2. The van der Waals surface area contributed by atoms with Crippen LogP contribution in [0.2, 0.25) is 0 Å². The van der Waals surface area contributed by atoms with Crippen LogP contribution in [0.4, 0.5) is 0 Å². The Kier molecular flexibility index (Phi) is 5.40. The van der Waals surface area contributed by atoms with Gasteiger partial charge >= 0.3 is 5.97 Å². The minimum Gasteiger partial charge on any atom is -0.423 e. The zero-order chi connectivity index (χ0) is 22.9. The summed E-state index contributed by atoms with van der Waals surface area (Å²) in [5, 5.41) is 0. The number of ketones is 2. The van der Waals surface area contributed by atoms with Gasteiger partial charge in [0.05, 0.1) is 5.56 Å². The Morgan fingerprint density at radius 1 is 0.788 bits per heavy atom. The van der Waals surface area contributed by atoms with Gasteiger partial charge in [0.2, 0.25) is 0 Å². The quantitative estimate of drug-likeness (QED) is 0.348. The van der Waals surface area contributed by atoms with E-state index >= 15 is 0 Å². The van der Waals surface area contributed by atoms with E-state index in [9.17, 15) is 14.4 Å². The maximum absolute atomic E-state index is 13.3. The second-order valence-electron chi connectivity index (χ2n) is 7.67. The highest BCUT2D eigenvalue weighted by atomic mass is 32.2. The molecule has 2 aliphatic rings. The fourth-order valence-electron chi connectivity index (χ4n) is 3.85. The number of hydrogen-bond acceptors (Lipinski definition) is 5. The fourth-order valence-corrected chi connectivity index (χ4v) is 4.94. The van der Waals surface area contributed by atoms with Gasteiger partial charge in [0.25, 0.3) is 0 Å². The first-order chi connectivity index (χ1) is 16.0. The number of carbonyl (C=O) groups excluding carboxylic acids is 3. The van der Waals surface area contributed by atoms with E-state index in [1.807, 2.05) is 18.2 Å². The van der Waals surface area contributed by atoms with Gasteiger partial charge in [-0.3, -0.25) is 9.59 Å². The molecule has 0 spiro atoms. The number of benzene rings is 3. The molecule has 0 unspecified atom stereocenters. The lowest BCUT2D eigenvalue weighted by Gasteiger charge is -2.20. The highest BCUT2D eigenvalue weighted by Gasteiger charge is 2.31. The van der Waals surface area contributed by atoms with Crippen LogP contribution in [0.3, 0.4) is 0 Å². The van der Waals surface area contributed by atoms with Gasteiger partial charge in [0.1, 0.15) is 5.76 Å². The molecule has 0 saturated heterocycles. The zero-order valence-corrected chi connectivity index (χ0v) is 18.4. The molecule has 0 heterocycles. The second kappa shape index (κ2) is 8.52. The summed E-state index contributed by atoms with van der Waals surface area (Å²) in [5.74, 6) is -0.380. The number of rotatable bonds is 4. The molecular weight excluding hydrogens is 432 g/mol. The van der Waals surface area contributed by atoms with E-state index in [1.54, 1.807) is 66.7 Å². The van der Waals surface area contributed by atoms with Gasteiger partial charge in [-0.15, -0.1) is 0 Å². The molecule has 0 fully saturated rings. The molecule has 0 bridgehead atoms. The Morgan fingerprint density at radius 3 is 2.21 bits per heavy atom. The van der Waals surface area contributed by atoms with Crippen LogP contribution in [-0.2, 0) is 4.74 Å². The minimum absolute atomic E-state index is 0.173. The average Bonchev–Trinajstić information content (AvgIpc) is 2.84. The number of esters is 1. The van der Waals surface area contributed by atoms with Gasteiger partial charge < -0.3 is 4.74 Å². The highest BCUT2D eigenvalue weighted by Crippen LogP contribution is 2.38. The SMILES string of the molecule is C=C1C=CC(OC(=O)c2ccccc2Sc2cccc3c2C(=O)c2ccccc2C3=O)=CC1. The lowest BCUT2D eigenvalue weighted by Crippen LogP contribution is -2.21. The molecule has 0 aliphatic heterocycles. The van der Waals surface area contributed by atoms with Gasteiger partial charge in [-0.25, -0.2) is 4.79 Å². The second-order valence-corrected chi connectivity index (χ2v) is 8.76. The predicted molar refractivity (Wildman–Crippen MR) is 127 cm³/mol. The van der Waals surface area contributed by atoms with E-state index in [2.05, 4.69) is 6.58 Å². The first-order valence-electron chi connectivity index (χ1n) is 10.4. The Bertz CT molecular complexity index is 1410. The van der Waals surface area contributed by atoms with Crippen LogP contribution >= 0.6 is 11.8 Å². The average molecular weight is 451 g/mol. The molecule has 3 aromatic carbocycles. The molecular formula is C28H18O4S. The molecule has 0 amide bonds. The Balaban J connectivity index is 1.49. The number of allylic oxidation sites excluding steroid dienone is 4. The van der Waals surface area contributed by atoms with Crippen molar-refractivity contribution in [2.75, 3.05) is 0 Å². The first-order valence-corrected chi connectivity index (χ1v) is 11.2. The molecule has 5 heteroatoms. The van der Waals surface area contributed by atoms with Gasteiger partial charge in [0, 0.05) is 32.0 Å². The first kappa shape index (κ1) is 20.9. The van der Waals surface area contributed by atoms with Crippen molar-refractivity contribution in [2.24, 2.45) is 0 Å². The van der Waals surface area contributed by atoms with Crippen molar-refractivity contribution >= 4 is 29.3 Å². The molecule has 0 atom stereocenters. The molecule has 0 saturated carbocycles. The van der Waals surface area contributed by atoms with Crippen LogP contribution in [0.5, 0.6) is 0 Å². The van der Waals surface area contributed by atoms with Crippen molar-refractivity contribution in [2.45, 2.75) is 16.2 Å². The minimum atomic E-state index is -0.487. The van der Waals surface area contributed by atoms with Crippen molar-refractivity contribution < 1.29 is 19.1 Å². The van der Waals surface area contributed by atoms with Crippen LogP contribution in [0, 0.1) is 0 Å². The van der Waals surface area contributed by atoms with Crippen LogP contribution in [0.25, 0.3) is 0 Å². The summed E-state index contributed by atoms with van der Waals surface area (Å²) in [6.07, 6.45) is 5.98. The summed E-state index contributed by atoms with van der Waals surface area (Å²) < 4.78 is 5.56. The summed E-state index contributed by atoms with van der Waals surface area (Å²) in [7, 11) is 0. The molecule has 0 aromatic heterocycles. The number of ether oxygens (including phenoxy) is 1. The topological polar surface area (TPSA) is 60.4 Å². The maximum Gasteiger partial charge on any atom is 0.344 e. The van der Waals surface area contributed by atoms with Crippen molar-refractivity contribution in [3.63, 3.8) is 0 Å². The molecule has 0 radical (unpaired) electrons. The standard InChI is InChI=1S/C28H18O4S/c1-17-13-15-18(16-14-17)32-28(31)21-9-4-5-11-23(21)33-24-12-6-10-22-25(24)27(30)20-8-3-2-7-19(20)26(22)29/h2-13,15-16H,1,14H2. The molecule has 5 rings (SSSR count). The van der Waals surface area contributed by atoms with Crippen LogP contribution < -0.4 is 0 Å². The predicted octanol–water partition coefficient (Wildman–Crippen LogP) is 6.17. The largest absolute Gasteiger partial charge is 0.423 e. The Morgan fingerprint density at radius 2 is 1.45 bits per heavy atom. The van der Waals surface area contributed by atoms with E-state index in [0.717, 1.165) is 5.57 Å². The van der Waals surface area contributed by atoms with Gasteiger partial charge in [-0.1, -0.05) is 78.5 Å². The van der Waals surface area contributed by atoms with Gasteiger partial charge in [0.15, 0.2) is 11.6 Å². The van der Waals surface area contributed by atoms with E-state index in [1.165, 1.54) is 11.8 Å². The summed E-state index contributed by atoms with van der Waals surface area (Å²) in [4.78, 5) is 40.5. The van der Waals surface area contributed by atoms with Crippen molar-refractivity contribution in [3.8, 4) is 0 Å². The van der Waals surface area contributed by atoms with Crippen molar-refractivity contribution in [1.82, 2.24) is 0 Å². The van der Waals surface area contributed by atoms with E-state index in [4.69, 9.17) is 4.74 Å². The molecule has 160 valence electrons.